The van der Waals surface area contributed by atoms with E-state index in [9.17, 15) is 0 Å². The van der Waals surface area contributed by atoms with Crippen LogP contribution in [-0.4, -0.2) is 13.7 Å². The van der Waals surface area contributed by atoms with Gasteiger partial charge in [0.25, 0.3) is 0 Å². The molecule has 108 valence electrons. The Kier molecular flexibility index (Phi) is 5.88. The number of ether oxygens (including phenoxy) is 2. The Morgan fingerprint density at radius 1 is 1.15 bits per heavy atom. The van der Waals surface area contributed by atoms with E-state index in [1.807, 2.05) is 19.1 Å². The van der Waals surface area contributed by atoms with E-state index in [4.69, 9.17) is 9.47 Å². The van der Waals surface area contributed by atoms with Crippen LogP contribution in [0.5, 0.6) is 11.5 Å². The third kappa shape index (κ3) is 4.23. The van der Waals surface area contributed by atoms with Gasteiger partial charge in [-0.1, -0.05) is 6.07 Å². The van der Waals surface area contributed by atoms with Crippen LogP contribution in [-0.2, 0) is 13.1 Å². The van der Waals surface area contributed by atoms with Gasteiger partial charge < -0.3 is 14.8 Å². The smallest absolute Gasteiger partial charge is 0.161 e. The number of nitrogens with one attached hydrogen (secondary N) is 1. The molecule has 0 spiro atoms. The summed E-state index contributed by atoms with van der Waals surface area (Å²) in [5, 5.41) is 3.43. The van der Waals surface area contributed by atoms with E-state index in [2.05, 4.69) is 39.4 Å². The lowest BCUT2D eigenvalue weighted by atomic mass is 10.2. The molecule has 0 bridgehead atoms. The van der Waals surface area contributed by atoms with Gasteiger partial charge in [-0.05, 0) is 52.7 Å². The van der Waals surface area contributed by atoms with E-state index in [0.29, 0.717) is 6.61 Å². The molecule has 0 aliphatic heterocycles. The molecule has 5 heteroatoms. The van der Waals surface area contributed by atoms with Gasteiger partial charge >= 0.3 is 0 Å². The summed E-state index contributed by atoms with van der Waals surface area (Å²) in [6.07, 6.45) is 0. The van der Waals surface area contributed by atoms with Gasteiger partial charge in [-0.2, -0.15) is 0 Å². The average Bonchev–Trinajstić information content (AvgIpc) is 2.86. The molecule has 1 N–H and O–H groups in total. The monoisotopic (exact) mass is 355 g/mol. The van der Waals surface area contributed by atoms with Crippen LogP contribution in [0.4, 0.5) is 0 Å². The molecule has 2 rings (SSSR count). The van der Waals surface area contributed by atoms with Gasteiger partial charge in [0.15, 0.2) is 11.5 Å². The second-order valence-corrected chi connectivity index (χ2v) is 6.78. The first-order valence-corrected chi connectivity index (χ1v) is 8.08. The fourth-order valence-corrected chi connectivity index (χ4v) is 3.33. The SMILES string of the molecule is CCOc1ccc(CNCc2ccc(Br)s2)cc1OC. The predicted octanol–water partition coefficient (Wildman–Crippen LogP) is 4.21. The highest BCUT2D eigenvalue weighted by Gasteiger charge is 2.05. The highest BCUT2D eigenvalue weighted by molar-refractivity contribution is 9.11. The van der Waals surface area contributed by atoms with Crippen LogP contribution >= 0.6 is 27.3 Å². The molecular formula is C15H18BrNO2S. The summed E-state index contributed by atoms with van der Waals surface area (Å²) >= 11 is 5.22. The summed E-state index contributed by atoms with van der Waals surface area (Å²) < 4.78 is 12.0. The molecule has 0 aliphatic rings. The minimum absolute atomic E-state index is 0.640. The number of hydrogen-bond donors (Lipinski definition) is 1. The summed E-state index contributed by atoms with van der Waals surface area (Å²) in [5.74, 6) is 1.57. The van der Waals surface area contributed by atoms with Crippen molar-refractivity contribution < 1.29 is 9.47 Å². The standard InChI is InChI=1S/C15H18BrNO2S/c1-3-19-13-6-4-11(8-14(13)18-2)9-17-10-12-5-7-15(16)20-12/h4-8,17H,3,9-10H2,1-2H3. The third-order valence-electron chi connectivity index (χ3n) is 2.79. The molecule has 20 heavy (non-hydrogen) atoms. The molecule has 0 radical (unpaired) electrons. The number of methoxy groups -OCH3 is 1. The van der Waals surface area contributed by atoms with Crippen molar-refractivity contribution in [2.75, 3.05) is 13.7 Å². The van der Waals surface area contributed by atoms with Crippen molar-refractivity contribution in [3.8, 4) is 11.5 Å². The Morgan fingerprint density at radius 3 is 2.65 bits per heavy atom. The van der Waals surface area contributed by atoms with E-state index in [0.717, 1.165) is 28.4 Å². The molecule has 0 saturated carbocycles. The van der Waals surface area contributed by atoms with Crippen LogP contribution in [0.2, 0.25) is 0 Å². The van der Waals surface area contributed by atoms with Crippen molar-refractivity contribution in [1.82, 2.24) is 5.32 Å². The second-order valence-electron chi connectivity index (χ2n) is 4.23. The number of hydrogen-bond acceptors (Lipinski definition) is 4. The van der Waals surface area contributed by atoms with Crippen LogP contribution in [0.3, 0.4) is 0 Å². The first kappa shape index (κ1) is 15.4. The molecule has 0 aliphatic carbocycles. The molecule has 0 atom stereocenters. The quantitative estimate of drug-likeness (QED) is 0.806. The maximum absolute atomic E-state index is 5.51. The normalized spacial score (nSPS) is 10.6. The first-order chi connectivity index (χ1) is 9.72. The van der Waals surface area contributed by atoms with Crippen molar-refractivity contribution in [1.29, 1.82) is 0 Å². The van der Waals surface area contributed by atoms with Crippen molar-refractivity contribution >= 4 is 27.3 Å². The minimum Gasteiger partial charge on any atom is -0.493 e. The third-order valence-corrected chi connectivity index (χ3v) is 4.41. The predicted molar refractivity (Wildman–Crippen MR) is 86.7 cm³/mol. The molecular weight excluding hydrogens is 338 g/mol. The maximum Gasteiger partial charge on any atom is 0.161 e. The van der Waals surface area contributed by atoms with Crippen LogP contribution in [0.1, 0.15) is 17.4 Å². The zero-order valence-electron chi connectivity index (χ0n) is 11.6. The summed E-state index contributed by atoms with van der Waals surface area (Å²) in [6.45, 7) is 4.28. The fourth-order valence-electron chi connectivity index (χ4n) is 1.87. The Labute approximate surface area is 132 Å². The van der Waals surface area contributed by atoms with E-state index < -0.39 is 0 Å². The summed E-state index contributed by atoms with van der Waals surface area (Å²) in [4.78, 5) is 1.31. The van der Waals surface area contributed by atoms with Crippen molar-refractivity contribution in [3.63, 3.8) is 0 Å². The zero-order valence-corrected chi connectivity index (χ0v) is 14.0. The van der Waals surface area contributed by atoms with Gasteiger partial charge in [0.2, 0.25) is 0 Å². The fraction of sp³-hybridized carbons (Fsp3) is 0.333. The Balaban J connectivity index is 1.92. The molecule has 1 aromatic heterocycles. The summed E-state index contributed by atoms with van der Waals surface area (Å²) in [6, 6.07) is 10.2. The number of halogens is 1. The van der Waals surface area contributed by atoms with Crippen molar-refractivity contribution in [2.24, 2.45) is 0 Å². The molecule has 1 heterocycles. The lowest BCUT2D eigenvalue weighted by Gasteiger charge is -2.11. The first-order valence-electron chi connectivity index (χ1n) is 6.47. The Morgan fingerprint density at radius 2 is 2.00 bits per heavy atom. The topological polar surface area (TPSA) is 30.5 Å². The molecule has 0 amide bonds. The highest BCUT2D eigenvalue weighted by Crippen LogP contribution is 2.28. The number of benzene rings is 1. The molecule has 1 aromatic carbocycles. The van der Waals surface area contributed by atoms with E-state index in [1.54, 1.807) is 18.4 Å². The van der Waals surface area contributed by atoms with Crippen molar-refractivity contribution in [2.45, 2.75) is 20.0 Å². The molecule has 0 fully saturated rings. The Hall–Kier alpha value is -1.04. The van der Waals surface area contributed by atoms with E-state index in [1.165, 1.54) is 10.4 Å². The van der Waals surface area contributed by atoms with Gasteiger partial charge in [0.05, 0.1) is 17.5 Å². The summed E-state index contributed by atoms with van der Waals surface area (Å²) in [7, 11) is 1.66. The lowest BCUT2D eigenvalue weighted by molar-refractivity contribution is 0.310. The molecule has 0 saturated heterocycles. The minimum atomic E-state index is 0.640. The lowest BCUT2D eigenvalue weighted by Crippen LogP contribution is -2.11. The van der Waals surface area contributed by atoms with Crippen LogP contribution in [0, 0.1) is 0 Å². The van der Waals surface area contributed by atoms with Gasteiger partial charge in [-0.25, -0.2) is 0 Å². The van der Waals surface area contributed by atoms with Gasteiger partial charge in [-0.15, -0.1) is 11.3 Å². The van der Waals surface area contributed by atoms with Crippen LogP contribution in [0.25, 0.3) is 0 Å². The zero-order chi connectivity index (χ0) is 14.4. The molecule has 2 aromatic rings. The van der Waals surface area contributed by atoms with Gasteiger partial charge in [-0.3, -0.25) is 0 Å². The maximum atomic E-state index is 5.51. The van der Waals surface area contributed by atoms with E-state index in [-0.39, 0.29) is 0 Å². The Bertz CT molecular complexity index is 557. The van der Waals surface area contributed by atoms with Crippen LogP contribution < -0.4 is 14.8 Å². The average molecular weight is 356 g/mol. The highest BCUT2D eigenvalue weighted by atomic mass is 79.9. The molecule has 0 unspecified atom stereocenters. The molecule has 3 nitrogen and oxygen atoms in total. The second kappa shape index (κ2) is 7.67. The van der Waals surface area contributed by atoms with Gasteiger partial charge in [0, 0.05) is 18.0 Å². The van der Waals surface area contributed by atoms with Crippen molar-refractivity contribution in [3.05, 3.63) is 44.6 Å². The van der Waals surface area contributed by atoms with E-state index >= 15 is 0 Å². The number of thiophene rings is 1. The van der Waals surface area contributed by atoms with Gasteiger partial charge in [0.1, 0.15) is 0 Å². The van der Waals surface area contributed by atoms with Crippen LogP contribution in [0.15, 0.2) is 34.1 Å². The number of rotatable bonds is 7. The summed E-state index contributed by atoms with van der Waals surface area (Å²) in [5.41, 5.74) is 1.18. The largest absolute Gasteiger partial charge is 0.493 e.